The maximum Gasteiger partial charge on any atom is 0.317 e. The number of ether oxygens (including phenoxy) is 1. The second-order valence-electron chi connectivity index (χ2n) is 12.3. The Hall–Kier alpha value is -4.95. The number of benzene rings is 2. The van der Waals surface area contributed by atoms with Gasteiger partial charge in [0.1, 0.15) is 17.8 Å². The van der Waals surface area contributed by atoms with E-state index in [1.165, 1.54) is 6.33 Å². The van der Waals surface area contributed by atoms with Crippen molar-refractivity contribution in [1.82, 2.24) is 34.7 Å². The highest BCUT2D eigenvalue weighted by atomic mass is 16.6. The van der Waals surface area contributed by atoms with Crippen molar-refractivity contribution in [1.29, 1.82) is 0 Å². The fraction of sp³-hybridized carbons (Fsp3) is 0.343. The number of aliphatic hydroxyl groups is 3. The Bertz CT molecular complexity index is 1820. The van der Waals surface area contributed by atoms with Crippen molar-refractivity contribution in [2.45, 2.75) is 55.4 Å². The van der Waals surface area contributed by atoms with Gasteiger partial charge in [-0.05, 0) is 23.3 Å². The molecular weight excluding hydrogens is 612 g/mol. The fourth-order valence-electron chi connectivity index (χ4n) is 6.29. The molecule has 13 nitrogen and oxygen atoms in total. The second-order valence-corrected chi connectivity index (χ2v) is 12.3. The molecule has 1 saturated heterocycles. The topological polar surface area (TPSA) is 171 Å². The molecule has 7 rings (SSSR count). The molecule has 1 aliphatic carbocycles. The number of anilines is 1. The number of carbonyl (C=O) groups is 1. The van der Waals surface area contributed by atoms with E-state index >= 15 is 0 Å². The van der Waals surface area contributed by atoms with E-state index in [0.717, 1.165) is 16.8 Å². The van der Waals surface area contributed by atoms with Crippen molar-refractivity contribution in [2.75, 3.05) is 25.5 Å². The molecule has 13 heteroatoms. The van der Waals surface area contributed by atoms with Gasteiger partial charge in [0.05, 0.1) is 19.0 Å². The lowest BCUT2D eigenvalue weighted by atomic mass is 9.91. The minimum absolute atomic E-state index is 0.0123. The maximum absolute atomic E-state index is 13.0. The molecule has 2 aromatic carbocycles. The molecule has 5 atom stereocenters. The Kier molecular flexibility index (Phi) is 8.75. The zero-order valence-corrected chi connectivity index (χ0v) is 26.4. The molecule has 0 bridgehead atoms. The van der Waals surface area contributed by atoms with Gasteiger partial charge in [0, 0.05) is 50.8 Å². The Balaban J connectivity index is 1.16. The number of amides is 2. The summed E-state index contributed by atoms with van der Waals surface area (Å²) in [5, 5.41) is 38.3. The Labute approximate surface area is 277 Å². The summed E-state index contributed by atoms with van der Waals surface area (Å²) in [5.74, 6) is 0.739. The van der Waals surface area contributed by atoms with Crippen LogP contribution >= 0.6 is 0 Å². The molecule has 3 aromatic heterocycles. The van der Waals surface area contributed by atoms with Crippen molar-refractivity contribution in [2.24, 2.45) is 0 Å². The van der Waals surface area contributed by atoms with E-state index in [9.17, 15) is 20.1 Å². The molecule has 0 radical (unpaired) electrons. The lowest BCUT2D eigenvalue weighted by Gasteiger charge is -2.20. The molecule has 1 unspecified atom stereocenters. The van der Waals surface area contributed by atoms with E-state index in [1.807, 2.05) is 54.6 Å². The van der Waals surface area contributed by atoms with Crippen molar-refractivity contribution in [3.63, 3.8) is 0 Å². The third-order valence-corrected chi connectivity index (χ3v) is 9.17. The van der Waals surface area contributed by atoms with Crippen LogP contribution < -0.4 is 10.6 Å². The number of imidazole rings is 1. The van der Waals surface area contributed by atoms with Gasteiger partial charge >= 0.3 is 6.03 Å². The van der Waals surface area contributed by atoms with Gasteiger partial charge in [-0.15, -0.1) is 0 Å². The van der Waals surface area contributed by atoms with Crippen LogP contribution in [0.25, 0.3) is 11.2 Å². The molecule has 1 saturated carbocycles. The molecule has 48 heavy (non-hydrogen) atoms. The molecule has 1 aliphatic heterocycles. The molecule has 5 aromatic rings. The predicted molar refractivity (Wildman–Crippen MR) is 177 cm³/mol. The smallest absolute Gasteiger partial charge is 0.317 e. The van der Waals surface area contributed by atoms with Gasteiger partial charge in [0.25, 0.3) is 0 Å². The highest BCUT2D eigenvalue weighted by Gasteiger charge is 2.69. The highest BCUT2D eigenvalue weighted by molar-refractivity contribution is 5.83. The molecule has 5 N–H and O–H groups in total. The second kappa shape index (κ2) is 13.3. The first kappa shape index (κ1) is 31.6. The third-order valence-electron chi connectivity index (χ3n) is 9.17. The van der Waals surface area contributed by atoms with Gasteiger partial charge in [-0.25, -0.2) is 19.7 Å². The summed E-state index contributed by atoms with van der Waals surface area (Å²) >= 11 is 0. The summed E-state index contributed by atoms with van der Waals surface area (Å²) in [5.41, 5.74) is 2.70. The Morgan fingerprint density at radius 1 is 1.00 bits per heavy atom. The first-order valence-corrected chi connectivity index (χ1v) is 16.0. The predicted octanol–water partition coefficient (Wildman–Crippen LogP) is 2.60. The van der Waals surface area contributed by atoms with Crippen LogP contribution in [0.5, 0.6) is 0 Å². The van der Waals surface area contributed by atoms with Crippen LogP contribution in [0.4, 0.5) is 10.6 Å². The number of likely N-dealkylation sites (N-methyl/N-ethyl adjacent to an activating group) is 1. The summed E-state index contributed by atoms with van der Waals surface area (Å²) in [6.07, 6.45) is -0.455. The summed E-state index contributed by atoms with van der Waals surface area (Å²) < 4.78 is 7.59. The lowest BCUT2D eigenvalue weighted by Crippen LogP contribution is -2.38. The van der Waals surface area contributed by atoms with E-state index in [0.29, 0.717) is 42.3 Å². The standard InChI is InChI=1S/C35H38N8O5/c1-42(17-15-24-14-8-9-16-36-24)34(47)38-20-27-40-31(37-19-25(22-10-4-2-5-11-22)23-12-6-3-7-13-23)28-32(41-27)43(21-39-28)33-29(45)30(46)35(48-33)18-26(35)44/h2-14,16,21,25-26,29-30,33,44-46H,15,17-20H2,1H3,(H,38,47)(H,37,40,41)/t26-,29-,30+,33-,35?/m1/s1. The maximum atomic E-state index is 13.0. The van der Waals surface area contributed by atoms with Crippen LogP contribution in [0, 0.1) is 0 Å². The summed E-state index contributed by atoms with van der Waals surface area (Å²) in [7, 11) is 1.71. The largest absolute Gasteiger partial charge is 0.390 e. The minimum Gasteiger partial charge on any atom is -0.390 e. The van der Waals surface area contributed by atoms with Gasteiger partial charge in [-0.3, -0.25) is 9.55 Å². The number of hydrogen-bond donors (Lipinski definition) is 5. The van der Waals surface area contributed by atoms with Crippen molar-refractivity contribution >= 4 is 23.0 Å². The number of fused-ring (bicyclic) bond motifs is 1. The Morgan fingerprint density at radius 3 is 2.31 bits per heavy atom. The average molecular weight is 651 g/mol. The number of carbonyl (C=O) groups excluding carboxylic acids is 1. The zero-order chi connectivity index (χ0) is 33.3. The van der Waals surface area contributed by atoms with Crippen LogP contribution in [0.15, 0.2) is 91.4 Å². The van der Waals surface area contributed by atoms with E-state index in [2.05, 4.69) is 44.9 Å². The monoisotopic (exact) mass is 650 g/mol. The minimum atomic E-state index is -1.32. The summed E-state index contributed by atoms with van der Waals surface area (Å²) in [6, 6.07) is 25.7. The highest BCUT2D eigenvalue weighted by Crippen LogP contribution is 2.53. The van der Waals surface area contributed by atoms with Crippen LogP contribution in [0.1, 0.15) is 41.2 Å². The number of hydrogen-bond acceptors (Lipinski definition) is 10. The van der Waals surface area contributed by atoms with E-state index in [-0.39, 0.29) is 24.9 Å². The Morgan fingerprint density at radius 2 is 1.69 bits per heavy atom. The zero-order valence-electron chi connectivity index (χ0n) is 26.4. The van der Waals surface area contributed by atoms with Gasteiger partial charge in [0.15, 0.2) is 29.0 Å². The van der Waals surface area contributed by atoms with E-state index in [4.69, 9.17) is 14.7 Å². The molecule has 4 heterocycles. The van der Waals surface area contributed by atoms with Crippen molar-refractivity contribution in [3.8, 4) is 0 Å². The first-order valence-electron chi connectivity index (χ1n) is 16.0. The molecule has 1 spiro atoms. The number of pyridine rings is 1. The van der Waals surface area contributed by atoms with Crippen molar-refractivity contribution in [3.05, 3.63) is 114 Å². The number of aromatic nitrogens is 5. The molecule has 248 valence electrons. The van der Waals surface area contributed by atoms with Crippen molar-refractivity contribution < 1.29 is 24.9 Å². The molecule has 2 aliphatic rings. The van der Waals surface area contributed by atoms with Gasteiger partial charge < -0.3 is 35.6 Å². The van der Waals surface area contributed by atoms with Gasteiger partial charge in [-0.2, -0.15) is 0 Å². The number of rotatable bonds is 11. The van der Waals surface area contributed by atoms with Crippen LogP contribution in [0.2, 0.25) is 0 Å². The quantitative estimate of drug-likeness (QED) is 0.143. The number of urea groups is 1. The van der Waals surface area contributed by atoms with Crippen LogP contribution in [-0.4, -0.2) is 94.8 Å². The summed E-state index contributed by atoms with van der Waals surface area (Å²) in [4.78, 5) is 33.0. The SMILES string of the molecule is CN(CCc1ccccn1)C(=O)NCc1nc(NCC(c2ccccc2)c2ccccc2)c2ncn([C@@H]3OC4(C[C@H]4O)[C@@H](O)[C@H]3O)c2n1. The normalized spacial score (nSPS) is 23.1. The lowest BCUT2D eigenvalue weighted by molar-refractivity contribution is -0.0633. The molecular formula is C35H38N8O5. The van der Waals surface area contributed by atoms with Gasteiger partial charge in [0.2, 0.25) is 0 Å². The van der Waals surface area contributed by atoms with Crippen LogP contribution in [0.3, 0.4) is 0 Å². The number of aliphatic hydroxyl groups excluding tert-OH is 3. The number of nitrogens with one attached hydrogen (secondary N) is 2. The molecule has 2 fully saturated rings. The first-order chi connectivity index (χ1) is 23.3. The average Bonchev–Trinajstić information content (AvgIpc) is 3.46. The van der Waals surface area contributed by atoms with Gasteiger partial charge in [-0.1, -0.05) is 66.7 Å². The van der Waals surface area contributed by atoms with E-state index < -0.39 is 30.1 Å². The van der Waals surface area contributed by atoms with E-state index in [1.54, 1.807) is 22.7 Å². The fourth-order valence-corrected chi connectivity index (χ4v) is 6.29. The van der Waals surface area contributed by atoms with Crippen LogP contribution in [-0.2, 0) is 17.7 Å². The summed E-state index contributed by atoms with van der Waals surface area (Å²) in [6.45, 7) is 0.962. The third kappa shape index (κ3) is 6.20. The number of nitrogens with zero attached hydrogens (tertiary/aromatic N) is 6. The molecule has 2 amide bonds.